The second-order valence-corrected chi connectivity index (χ2v) is 9.35. The lowest BCUT2D eigenvalue weighted by Gasteiger charge is -2.61. The molecular weight excluding hydrogens is 320 g/mol. The number of hydrogen-bond acceptors (Lipinski definition) is 5. The van der Waals surface area contributed by atoms with Gasteiger partial charge in [0.1, 0.15) is 0 Å². The van der Waals surface area contributed by atoms with Crippen molar-refractivity contribution in [3.8, 4) is 0 Å². The zero-order chi connectivity index (χ0) is 17.8. The molecule has 1 unspecified atom stereocenters. The third kappa shape index (κ3) is 2.57. The lowest BCUT2D eigenvalue weighted by molar-refractivity contribution is -0.198. The van der Waals surface area contributed by atoms with Gasteiger partial charge in [-0.3, -0.25) is 4.79 Å². The van der Waals surface area contributed by atoms with Crippen molar-refractivity contribution in [2.24, 2.45) is 34.5 Å². The number of aliphatic hydroxyl groups excluding tert-OH is 2. The summed E-state index contributed by atoms with van der Waals surface area (Å²) in [5.41, 5.74) is -0.575. The van der Waals surface area contributed by atoms with E-state index in [4.69, 9.17) is 9.47 Å². The number of hydrogen-bond donors (Lipinski definition) is 2. The Labute approximate surface area is 150 Å². The van der Waals surface area contributed by atoms with Crippen molar-refractivity contribution in [1.82, 2.24) is 0 Å². The van der Waals surface area contributed by atoms with Gasteiger partial charge in [0.15, 0.2) is 0 Å². The standard InChI is InChI=1S/C20H32O5/c1-12-16(22)9-20-11-25-18(23)14(20)3-4-15(21)17(20)19(12,2)7-5-13-6-8-24-10-13/h12-17,21-22H,3-11H2,1-2H3/t12-,13?,14+,15+,16-,17-,19+,20-/m1/s1. The minimum atomic E-state index is -0.441. The molecule has 4 fully saturated rings. The summed E-state index contributed by atoms with van der Waals surface area (Å²) in [6.45, 7) is 6.40. The van der Waals surface area contributed by atoms with Gasteiger partial charge < -0.3 is 19.7 Å². The maximum Gasteiger partial charge on any atom is 0.309 e. The van der Waals surface area contributed by atoms with E-state index in [0.29, 0.717) is 31.8 Å². The number of cyclic esters (lactones) is 1. The van der Waals surface area contributed by atoms with E-state index in [1.807, 2.05) is 0 Å². The molecular formula is C20H32O5. The van der Waals surface area contributed by atoms with Crippen LogP contribution in [0.5, 0.6) is 0 Å². The lowest BCUT2D eigenvalue weighted by atomic mass is 9.43. The van der Waals surface area contributed by atoms with Crippen LogP contribution >= 0.6 is 0 Å². The van der Waals surface area contributed by atoms with Gasteiger partial charge in [0.05, 0.1) is 24.7 Å². The van der Waals surface area contributed by atoms with Gasteiger partial charge in [-0.2, -0.15) is 0 Å². The summed E-state index contributed by atoms with van der Waals surface area (Å²) in [4.78, 5) is 12.3. The molecule has 2 N–H and O–H groups in total. The Balaban J connectivity index is 1.66. The topological polar surface area (TPSA) is 76.0 Å². The van der Waals surface area contributed by atoms with E-state index in [1.165, 1.54) is 0 Å². The van der Waals surface area contributed by atoms with Crippen molar-refractivity contribution in [3.05, 3.63) is 0 Å². The zero-order valence-electron chi connectivity index (χ0n) is 15.4. The number of esters is 1. The number of carbonyl (C=O) groups is 1. The fourth-order valence-corrected chi connectivity index (χ4v) is 6.66. The van der Waals surface area contributed by atoms with Gasteiger partial charge in [0, 0.05) is 24.5 Å². The summed E-state index contributed by atoms with van der Waals surface area (Å²) >= 11 is 0. The third-order valence-electron chi connectivity index (χ3n) is 8.25. The first-order valence-electron chi connectivity index (χ1n) is 9.99. The molecule has 0 aromatic rings. The van der Waals surface area contributed by atoms with Gasteiger partial charge >= 0.3 is 5.97 Å². The largest absolute Gasteiger partial charge is 0.465 e. The smallest absolute Gasteiger partial charge is 0.309 e. The highest BCUT2D eigenvalue weighted by atomic mass is 16.5. The molecule has 0 amide bonds. The second-order valence-electron chi connectivity index (χ2n) is 9.35. The highest BCUT2D eigenvalue weighted by Gasteiger charge is 2.67. The molecule has 8 atom stereocenters. The Kier molecular flexibility index (Phi) is 4.41. The Morgan fingerprint density at radius 1 is 1.20 bits per heavy atom. The summed E-state index contributed by atoms with van der Waals surface area (Å²) in [6, 6.07) is 0. The molecule has 1 spiro atoms. The summed E-state index contributed by atoms with van der Waals surface area (Å²) < 4.78 is 11.0. The van der Waals surface area contributed by atoms with Crippen molar-refractivity contribution in [1.29, 1.82) is 0 Å². The normalized spacial score (nSPS) is 52.6. The van der Waals surface area contributed by atoms with E-state index in [9.17, 15) is 15.0 Å². The van der Waals surface area contributed by atoms with Crippen LogP contribution in [0.15, 0.2) is 0 Å². The van der Waals surface area contributed by atoms with Crippen molar-refractivity contribution in [2.45, 2.75) is 64.6 Å². The van der Waals surface area contributed by atoms with Crippen molar-refractivity contribution < 1.29 is 24.5 Å². The van der Waals surface area contributed by atoms with Crippen LogP contribution in [0.4, 0.5) is 0 Å². The fraction of sp³-hybridized carbons (Fsp3) is 0.950. The van der Waals surface area contributed by atoms with Crippen molar-refractivity contribution in [2.75, 3.05) is 19.8 Å². The van der Waals surface area contributed by atoms with E-state index < -0.39 is 12.2 Å². The molecule has 2 heterocycles. The Hall–Kier alpha value is -0.650. The highest BCUT2D eigenvalue weighted by molar-refractivity contribution is 5.76. The van der Waals surface area contributed by atoms with Gasteiger partial charge in [0.25, 0.3) is 0 Å². The van der Waals surface area contributed by atoms with Crippen LogP contribution in [-0.4, -0.2) is 48.2 Å². The molecule has 2 aliphatic heterocycles. The monoisotopic (exact) mass is 352 g/mol. The van der Waals surface area contributed by atoms with Gasteiger partial charge in [-0.05, 0) is 55.8 Å². The van der Waals surface area contributed by atoms with E-state index in [2.05, 4.69) is 13.8 Å². The van der Waals surface area contributed by atoms with Crippen LogP contribution in [0.3, 0.4) is 0 Å². The predicted molar refractivity (Wildman–Crippen MR) is 91.7 cm³/mol. The summed E-state index contributed by atoms with van der Waals surface area (Å²) in [6.07, 6.45) is 4.20. The first-order chi connectivity index (χ1) is 11.9. The maximum atomic E-state index is 12.3. The van der Waals surface area contributed by atoms with Crippen LogP contribution in [-0.2, 0) is 14.3 Å². The van der Waals surface area contributed by atoms with Gasteiger partial charge in [-0.25, -0.2) is 0 Å². The van der Waals surface area contributed by atoms with Crippen molar-refractivity contribution >= 4 is 5.97 Å². The molecule has 0 aromatic carbocycles. The fourth-order valence-electron chi connectivity index (χ4n) is 6.66. The van der Waals surface area contributed by atoms with E-state index in [1.54, 1.807) is 0 Å². The minimum Gasteiger partial charge on any atom is -0.465 e. The third-order valence-corrected chi connectivity index (χ3v) is 8.25. The number of rotatable bonds is 3. The highest BCUT2D eigenvalue weighted by Crippen LogP contribution is 2.65. The first kappa shape index (κ1) is 17.7. The van der Waals surface area contributed by atoms with E-state index in [-0.39, 0.29) is 34.6 Å². The van der Waals surface area contributed by atoms with Crippen molar-refractivity contribution in [3.63, 3.8) is 0 Å². The van der Waals surface area contributed by atoms with E-state index in [0.717, 1.165) is 32.5 Å². The van der Waals surface area contributed by atoms with Gasteiger partial charge in [-0.1, -0.05) is 13.8 Å². The predicted octanol–water partition coefficient (Wildman–Crippen LogP) is 2.14. The minimum absolute atomic E-state index is 0.0194. The maximum absolute atomic E-state index is 12.3. The SMILES string of the molecule is C[C@@H]1[C@H](O)C[C@@]23COC(=O)[C@@H]2CC[C@H](O)[C@@H]3[C@@]1(C)CCC1CCOC1. The Bertz CT molecular complexity index is 530. The second kappa shape index (κ2) is 6.21. The zero-order valence-corrected chi connectivity index (χ0v) is 15.4. The van der Waals surface area contributed by atoms with Crippen LogP contribution in [0, 0.1) is 34.5 Å². The van der Waals surface area contributed by atoms with Crippen LogP contribution in [0.1, 0.15) is 52.4 Å². The van der Waals surface area contributed by atoms with Crippen LogP contribution in [0.2, 0.25) is 0 Å². The molecule has 5 nitrogen and oxygen atoms in total. The molecule has 4 rings (SSSR count). The summed E-state index contributed by atoms with van der Waals surface area (Å²) in [7, 11) is 0. The molecule has 2 aliphatic carbocycles. The molecule has 142 valence electrons. The van der Waals surface area contributed by atoms with Crippen LogP contribution in [0.25, 0.3) is 0 Å². The lowest BCUT2D eigenvalue weighted by Crippen LogP contribution is -2.63. The quantitative estimate of drug-likeness (QED) is 0.761. The summed E-state index contributed by atoms with van der Waals surface area (Å²) in [5.74, 6) is 0.430. The molecule has 2 saturated carbocycles. The first-order valence-corrected chi connectivity index (χ1v) is 9.99. The number of aliphatic hydroxyl groups is 2. The molecule has 0 radical (unpaired) electrons. The van der Waals surface area contributed by atoms with Gasteiger partial charge in [-0.15, -0.1) is 0 Å². The Morgan fingerprint density at radius 2 is 2.00 bits per heavy atom. The molecule has 25 heavy (non-hydrogen) atoms. The average Bonchev–Trinajstić information content (AvgIpc) is 3.19. The Morgan fingerprint density at radius 3 is 2.72 bits per heavy atom. The molecule has 5 heteroatoms. The molecule has 2 saturated heterocycles. The van der Waals surface area contributed by atoms with Crippen LogP contribution < -0.4 is 0 Å². The molecule has 0 bridgehead atoms. The number of ether oxygens (including phenoxy) is 2. The van der Waals surface area contributed by atoms with Gasteiger partial charge in [0.2, 0.25) is 0 Å². The molecule has 0 aromatic heterocycles. The molecule has 4 aliphatic rings. The average molecular weight is 352 g/mol. The summed E-state index contributed by atoms with van der Waals surface area (Å²) in [5, 5.41) is 21.9. The van der Waals surface area contributed by atoms with E-state index >= 15 is 0 Å². The number of carbonyl (C=O) groups excluding carboxylic acids is 1.